The van der Waals surface area contributed by atoms with Crippen molar-refractivity contribution in [3.63, 3.8) is 0 Å². The Balaban J connectivity index is 1.35. The fraction of sp³-hybridized carbons (Fsp3) is 0. The van der Waals surface area contributed by atoms with E-state index in [0.29, 0.717) is 11.1 Å². The van der Waals surface area contributed by atoms with E-state index in [4.69, 9.17) is 0 Å². The Labute approximate surface area is 271 Å². The number of hydrogen-bond acceptors (Lipinski definition) is 0. The number of para-hydroxylation sites is 2. The van der Waals surface area contributed by atoms with E-state index in [2.05, 4.69) is 71.3 Å². The number of nitrogens with zero attached hydrogens (tertiary/aromatic N) is 2. The number of fused-ring (bicyclic) bond motifs is 9. The molecule has 2 nitrogen and oxygen atoms in total. The summed E-state index contributed by atoms with van der Waals surface area (Å²) in [7, 11) is 0. The smallest absolute Gasteiger partial charge is 0.0645 e. The van der Waals surface area contributed by atoms with Gasteiger partial charge < -0.3 is 9.13 Å². The maximum Gasteiger partial charge on any atom is 0.0645 e. The molecule has 214 valence electrons. The van der Waals surface area contributed by atoms with Crippen molar-refractivity contribution in [1.82, 2.24) is 9.13 Å². The lowest BCUT2D eigenvalue weighted by atomic mass is 9.98. The third-order valence-electron chi connectivity index (χ3n) is 9.36. The molecule has 10 aromatic rings. The molecule has 0 saturated carbocycles. The molecule has 0 fully saturated rings. The number of hydrogen-bond donors (Lipinski definition) is 0. The minimum atomic E-state index is -0.0775. The van der Waals surface area contributed by atoms with Crippen molar-refractivity contribution >= 4 is 65.2 Å². The molecule has 0 unspecified atom stereocenters. The number of benzene rings is 8. The maximum atomic E-state index is 9.46. The Kier molecular flexibility index (Phi) is 4.54. The molecule has 0 atom stereocenters. The lowest BCUT2D eigenvalue weighted by Crippen LogP contribution is -1.96. The van der Waals surface area contributed by atoms with E-state index in [1.54, 1.807) is 0 Å². The van der Waals surface area contributed by atoms with Crippen molar-refractivity contribution < 1.29 is 5.48 Å². The largest absolute Gasteiger partial charge is 0.309 e. The van der Waals surface area contributed by atoms with E-state index in [0.717, 1.165) is 54.7 Å². The Hall–Kier alpha value is -6.12. The molecule has 0 aliphatic carbocycles. The van der Waals surface area contributed by atoms with Crippen LogP contribution in [0.4, 0.5) is 0 Å². The second kappa shape index (κ2) is 9.69. The molecule has 0 aliphatic rings. The average Bonchev–Trinajstić information content (AvgIpc) is 3.66. The summed E-state index contributed by atoms with van der Waals surface area (Å²) in [5.74, 6) is 0. The SMILES string of the molecule is [2H]c1c([2H])c(-n2c3ccccc3c3cc4c5c6ccccc6ccc5n(-c5ccccc5)c4cc32)c([2H])c([2H])c1-c1cccc2ccccc12. The van der Waals surface area contributed by atoms with Crippen LogP contribution in [-0.4, -0.2) is 9.13 Å². The molecule has 0 amide bonds. The van der Waals surface area contributed by atoms with Gasteiger partial charge in [0.15, 0.2) is 0 Å². The van der Waals surface area contributed by atoms with Gasteiger partial charge in [0.05, 0.1) is 27.5 Å². The molecule has 0 radical (unpaired) electrons. The molecule has 10 rings (SSSR count). The molecular formula is C44H28N2. The van der Waals surface area contributed by atoms with E-state index in [1.807, 2.05) is 83.4 Å². The third kappa shape index (κ3) is 3.59. The highest BCUT2D eigenvalue weighted by atomic mass is 15.0. The van der Waals surface area contributed by atoms with Gasteiger partial charge >= 0.3 is 0 Å². The lowest BCUT2D eigenvalue weighted by Gasteiger charge is -2.12. The van der Waals surface area contributed by atoms with E-state index < -0.39 is 0 Å². The van der Waals surface area contributed by atoms with E-state index in [9.17, 15) is 5.48 Å². The van der Waals surface area contributed by atoms with Gasteiger partial charge in [-0.15, -0.1) is 0 Å². The standard InChI is InChI=1S/C44H28N2/c1-2-14-32(15-3-1)46-41-26-23-30-12-5-7-17-36(30)44(41)39-27-38-37-18-8-9-20-40(37)45(42(38)28-43(39)46)33-24-21-31(22-25-33)35-19-10-13-29-11-4-6-16-34(29)35/h1-28H/i21D,22D,24D,25D. The van der Waals surface area contributed by atoms with Gasteiger partial charge in [-0.25, -0.2) is 0 Å². The van der Waals surface area contributed by atoms with Crippen LogP contribution in [0, 0.1) is 0 Å². The van der Waals surface area contributed by atoms with Gasteiger partial charge in [0, 0.05) is 32.9 Å². The minimum Gasteiger partial charge on any atom is -0.309 e. The zero-order chi connectivity index (χ0) is 33.7. The van der Waals surface area contributed by atoms with Gasteiger partial charge in [-0.05, 0) is 81.2 Å². The summed E-state index contributed by atoms with van der Waals surface area (Å²) in [4.78, 5) is 0. The van der Waals surface area contributed by atoms with Gasteiger partial charge in [0.1, 0.15) is 0 Å². The van der Waals surface area contributed by atoms with E-state index >= 15 is 0 Å². The summed E-state index contributed by atoms with van der Waals surface area (Å²) >= 11 is 0. The van der Waals surface area contributed by atoms with E-state index in [1.165, 1.54) is 16.2 Å². The van der Waals surface area contributed by atoms with Crippen LogP contribution in [0.1, 0.15) is 5.48 Å². The molecule has 46 heavy (non-hydrogen) atoms. The van der Waals surface area contributed by atoms with Crippen LogP contribution in [0.2, 0.25) is 0 Å². The highest BCUT2D eigenvalue weighted by Gasteiger charge is 2.19. The zero-order valence-corrected chi connectivity index (χ0v) is 24.8. The topological polar surface area (TPSA) is 9.86 Å². The normalized spacial score (nSPS) is 13.1. The summed E-state index contributed by atoms with van der Waals surface area (Å²) in [5, 5.41) is 8.48. The Bertz CT molecular complexity index is 2990. The van der Waals surface area contributed by atoms with Crippen molar-refractivity contribution in [3.05, 3.63) is 170 Å². The lowest BCUT2D eigenvalue weighted by molar-refractivity contribution is 1.16. The first-order valence-corrected chi connectivity index (χ1v) is 15.5. The van der Waals surface area contributed by atoms with E-state index in [-0.39, 0.29) is 29.9 Å². The van der Waals surface area contributed by atoms with Crippen LogP contribution in [0.3, 0.4) is 0 Å². The molecule has 0 spiro atoms. The molecule has 0 saturated heterocycles. The Morgan fingerprint density at radius 2 is 1.00 bits per heavy atom. The van der Waals surface area contributed by atoms with Crippen LogP contribution < -0.4 is 0 Å². The van der Waals surface area contributed by atoms with Crippen LogP contribution >= 0.6 is 0 Å². The summed E-state index contributed by atoms with van der Waals surface area (Å²) in [5.41, 5.74) is 6.01. The van der Waals surface area contributed by atoms with Gasteiger partial charge in [0.2, 0.25) is 0 Å². The molecule has 0 bridgehead atoms. The molecule has 2 heterocycles. The van der Waals surface area contributed by atoms with Crippen molar-refractivity contribution in [3.8, 4) is 22.5 Å². The average molecular weight is 589 g/mol. The fourth-order valence-corrected chi connectivity index (χ4v) is 7.34. The first-order chi connectivity index (χ1) is 24.5. The van der Waals surface area contributed by atoms with Crippen LogP contribution in [0.5, 0.6) is 0 Å². The fourth-order valence-electron chi connectivity index (χ4n) is 7.34. The van der Waals surface area contributed by atoms with Crippen LogP contribution in [-0.2, 0) is 0 Å². The molecule has 0 N–H and O–H groups in total. The van der Waals surface area contributed by atoms with Crippen molar-refractivity contribution in [2.24, 2.45) is 0 Å². The first kappa shape index (κ1) is 21.6. The van der Waals surface area contributed by atoms with Crippen molar-refractivity contribution in [2.75, 3.05) is 0 Å². The Morgan fingerprint density at radius 3 is 1.83 bits per heavy atom. The summed E-state index contributed by atoms with van der Waals surface area (Å²) in [6, 6.07) is 49.0. The third-order valence-corrected chi connectivity index (χ3v) is 9.36. The molecular weight excluding hydrogens is 556 g/mol. The molecule has 8 aromatic carbocycles. The molecule has 2 aromatic heterocycles. The van der Waals surface area contributed by atoms with Crippen molar-refractivity contribution in [2.45, 2.75) is 0 Å². The van der Waals surface area contributed by atoms with Gasteiger partial charge in [-0.3, -0.25) is 0 Å². The second-order valence-corrected chi connectivity index (χ2v) is 11.8. The molecule has 0 aliphatic heterocycles. The highest BCUT2D eigenvalue weighted by Crippen LogP contribution is 2.42. The maximum absolute atomic E-state index is 9.46. The molecule has 2 heteroatoms. The second-order valence-electron chi connectivity index (χ2n) is 11.8. The highest BCUT2D eigenvalue weighted by molar-refractivity contribution is 6.25. The predicted octanol–water partition coefficient (Wildman–Crippen LogP) is 11.9. The van der Waals surface area contributed by atoms with Gasteiger partial charge in [-0.2, -0.15) is 0 Å². The first-order valence-electron chi connectivity index (χ1n) is 17.5. The zero-order valence-electron chi connectivity index (χ0n) is 28.8. The number of aromatic nitrogens is 2. The van der Waals surface area contributed by atoms with Gasteiger partial charge in [0.25, 0.3) is 0 Å². The summed E-state index contributed by atoms with van der Waals surface area (Å²) < 4.78 is 41.8. The van der Waals surface area contributed by atoms with Crippen LogP contribution in [0.15, 0.2) is 170 Å². The minimum absolute atomic E-state index is 0.0609. The number of rotatable bonds is 3. The quantitative estimate of drug-likeness (QED) is 0.194. The summed E-state index contributed by atoms with van der Waals surface area (Å²) in [6.07, 6.45) is 0. The Morgan fingerprint density at radius 1 is 0.370 bits per heavy atom. The van der Waals surface area contributed by atoms with Crippen LogP contribution in [0.25, 0.3) is 87.7 Å². The summed E-state index contributed by atoms with van der Waals surface area (Å²) in [6.45, 7) is 0. The van der Waals surface area contributed by atoms with Crippen molar-refractivity contribution in [1.29, 1.82) is 0 Å². The predicted molar refractivity (Wildman–Crippen MR) is 196 cm³/mol. The van der Waals surface area contributed by atoms with Gasteiger partial charge in [-0.1, -0.05) is 121 Å². The monoisotopic (exact) mass is 588 g/mol.